The average Bonchev–Trinajstić information content (AvgIpc) is 2.87. The third kappa shape index (κ3) is 3.17. The van der Waals surface area contributed by atoms with Crippen molar-refractivity contribution < 1.29 is 13.9 Å². The SMILES string of the molecule is COC(=O)c1cc(NC(C)c2ccc(C)s2)ccc1F. The second-order valence-corrected chi connectivity index (χ2v) is 5.82. The minimum atomic E-state index is -0.675. The highest BCUT2D eigenvalue weighted by Crippen LogP contribution is 2.26. The Labute approximate surface area is 121 Å². The molecule has 1 aromatic carbocycles. The van der Waals surface area contributed by atoms with Gasteiger partial charge in [0.15, 0.2) is 0 Å². The van der Waals surface area contributed by atoms with Gasteiger partial charge in [-0.15, -0.1) is 11.3 Å². The lowest BCUT2D eigenvalue weighted by molar-refractivity contribution is 0.0595. The third-order valence-corrected chi connectivity index (χ3v) is 4.13. The van der Waals surface area contributed by atoms with Gasteiger partial charge in [0, 0.05) is 15.4 Å². The number of ether oxygens (including phenoxy) is 1. The Morgan fingerprint density at radius 1 is 1.35 bits per heavy atom. The van der Waals surface area contributed by atoms with E-state index in [0.29, 0.717) is 5.69 Å². The van der Waals surface area contributed by atoms with Crippen LogP contribution in [0, 0.1) is 12.7 Å². The fraction of sp³-hybridized carbons (Fsp3) is 0.267. The lowest BCUT2D eigenvalue weighted by Gasteiger charge is -2.14. The van der Waals surface area contributed by atoms with E-state index in [0.717, 1.165) is 0 Å². The predicted octanol–water partition coefficient (Wildman–Crippen LogP) is 4.16. The molecule has 1 unspecified atom stereocenters. The Morgan fingerprint density at radius 2 is 2.10 bits per heavy atom. The molecule has 0 aliphatic rings. The molecule has 0 bridgehead atoms. The highest BCUT2D eigenvalue weighted by atomic mass is 32.1. The first kappa shape index (κ1) is 14.5. The molecule has 20 heavy (non-hydrogen) atoms. The van der Waals surface area contributed by atoms with Gasteiger partial charge in [-0.25, -0.2) is 9.18 Å². The number of anilines is 1. The van der Waals surface area contributed by atoms with Crippen molar-refractivity contribution in [2.24, 2.45) is 0 Å². The number of benzene rings is 1. The van der Waals surface area contributed by atoms with Crippen LogP contribution in [0.15, 0.2) is 30.3 Å². The average molecular weight is 293 g/mol. The van der Waals surface area contributed by atoms with Crippen molar-refractivity contribution in [3.63, 3.8) is 0 Å². The van der Waals surface area contributed by atoms with Gasteiger partial charge in [0.05, 0.1) is 18.7 Å². The minimum absolute atomic E-state index is 0.0629. The van der Waals surface area contributed by atoms with Crippen LogP contribution in [-0.2, 0) is 4.74 Å². The first-order valence-electron chi connectivity index (χ1n) is 6.22. The second kappa shape index (κ2) is 6.05. The maximum absolute atomic E-state index is 13.5. The van der Waals surface area contributed by atoms with Gasteiger partial charge in [-0.05, 0) is 44.2 Å². The van der Waals surface area contributed by atoms with Crippen molar-refractivity contribution in [3.05, 3.63) is 51.5 Å². The van der Waals surface area contributed by atoms with Crippen molar-refractivity contribution in [2.75, 3.05) is 12.4 Å². The molecular weight excluding hydrogens is 277 g/mol. The summed E-state index contributed by atoms with van der Waals surface area (Å²) in [4.78, 5) is 13.9. The first-order chi connectivity index (χ1) is 9.51. The summed E-state index contributed by atoms with van der Waals surface area (Å²) in [6, 6.07) is 8.55. The summed E-state index contributed by atoms with van der Waals surface area (Å²) in [7, 11) is 1.24. The topological polar surface area (TPSA) is 38.3 Å². The zero-order valence-electron chi connectivity index (χ0n) is 11.6. The van der Waals surface area contributed by atoms with Crippen molar-refractivity contribution in [1.29, 1.82) is 0 Å². The molecule has 0 fully saturated rings. The molecule has 0 saturated carbocycles. The molecule has 1 aromatic heterocycles. The predicted molar refractivity (Wildman–Crippen MR) is 78.8 cm³/mol. The summed E-state index contributed by atoms with van der Waals surface area (Å²) in [6.45, 7) is 4.07. The van der Waals surface area contributed by atoms with Gasteiger partial charge in [0.1, 0.15) is 5.82 Å². The molecule has 1 atom stereocenters. The quantitative estimate of drug-likeness (QED) is 0.860. The Balaban J connectivity index is 2.19. The number of carbonyl (C=O) groups is 1. The molecule has 2 rings (SSSR count). The normalized spacial score (nSPS) is 12.0. The van der Waals surface area contributed by atoms with Crippen LogP contribution < -0.4 is 5.32 Å². The molecule has 1 N–H and O–H groups in total. The van der Waals surface area contributed by atoms with Crippen LogP contribution in [-0.4, -0.2) is 13.1 Å². The van der Waals surface area contributed by atoms with E-state index in [-0.39, 0.29) is 11.6 Å². The largest absolute Gasteiger partial charge is 0.465 e. The van der Waals surface area contributed by atoms with E-state index in [1.807, 2.05) is 13.8 Å². The van der Waals surface area contributed by atoms with Gasteiger partial charge in [-0.2, -0.15) is 0 Å². The summed E-state index contributed by atoms with van der Waals surface area (Å²) < 4.78 is 18.1. The summed E-state index contributed by atoms with van der Waals surface area (Å²) in [6.07, 6.45) is 0. The zero-order valence-corrected chi connectivity index (χ0v) is 12.4. The molecule has 2 aromatic rings. The van der Waals surface area contributed by atoms with E-state index in [9.17, 15) is 9.18 Å². The van der Waals surface area contributed by atoms with Crippen LogP contribution in [0.5, 0.6) is 0 Å². The fourth-order valence-corrected chi connectivity index (χ4v) is 2.77. The van der Waals surface area contributed by atoms with Gasteiger partial charge in [0.2, 0.25) is 0 Å². The Kier molecular flexibility index (Phi) is 4.39. The molecule has 5 heteroatoms. The summed E-state index contributed by atoms with van der Waals surface area (Å²) in [5.74, 6) is -1.26. The van der Waals surface area contributed by atoms with E-state index >= 15 is 0 Å². The molecule has 0 spiro atoms. The van der Waals surface area contributed by atoms with Crippen molar-refractivity contribution >= 4 is 23.0 Å². The first-order valence-corrected chi connectivity index (χ1v) is 7.03. The van der Waals surface area contributed by atoms with Gasteiger partial charge >= 0.3 is 5.97 Å². The number of rotatable bonds is 4. The highest BCUT2D eigenvalue weighted by molar-refractivity contribution is 7.12. The smallest absolute Gasteiger partial charge is 0.340 e. The Bertz CT molecular complexity index is 624. The van der Waals surface area contributed by atoms with Crippen molar-refractivity contribution in [1.82, 2.24) is 0 Å². The van der Waals surface area contributed by atoms with Crippen molar-refractivity contribution in [3.8, 4) is 0 Å². The van der Waals surface area contributed by atoms with Crippen LogP contribution in [0.25, 0.3) is 0 Å². The van der Waals surface area contributed by atoms with Crippen LogP contribution in [0.4, 0.5) is 10.1 Å². The lowest BCUT2D eigenvalue weighted by atomic mass is 10.1. The van der Waals surface area contributed by atoms with Crippen LogP contribution in [0.3, 0.4) is 0 Å². The van der Waals surface area contributed by atoms with Gasteiger partial charge < -0.3 is 10.1 Å². The summed E-state index contributed by atoms with van der Waals surface area (Å²) >= 11 is 1.71. The van der Waals surface area contributed by atoms with E-state index in [1.165, 1.54) is 29.0 Å². The van der Waals surface area contributed by atoms with Crippen LogP contribution in [0.2, 0.25) is 0 Å². The highest BCUT2D eigenvalue weighted by Gasteiger charge is 2.14. The Hall–Kier alpha value is -1.88. The molecule has 0 aliphatic carbocycles. The van der Waals surface area contributed by atoms with Crippen LogP contribution in [0.1, 0.15) is 33.1 Å². The van der Waals surface area contributed by atoms with E-state index in [2.05, 4.69) is 22.2 Å². The van der Waals surface area contributed by atoms with Crippen molar-refractivity contribution in [2.45, 2.75) is 19.9 Å². The molecule has 0 saturated heterocycles. The monoisotopic (exact) mass is 293 g/mol. The van der Waals surface area contributed by atoms with Gasteiger partial charge in [-0.3, -0.25) is 0 Å². The summed E-state index contributed by atoms with van der Waals surface area (Å²) in [5.41, 5.74) is 0.623. The number of thiophene rings is 1. The third-order valence-electron chi connectivity index (χ3n) is 2.94. The number of hydrogen-bond donors (Lipinski definition) is 1. The zero-order chi connectivity index (χ0) is 14.7. The lowest BCUT2D eigenvalue weighted by Crippen LogP contribution is -2.08. The number of nitrogens with one attached hydrogen (secondary N) is 1. The number of hydrogen-bond acceptors (Lipinski definition) is 4. The molecular formula is C15H16FNO2S. The fourth-order valence-electron chi connectivity index (χ4n) is 1.89. The minimum Gasteiger partial charge on any atom is -0.465 e. The maximum atomic E-state index is 13.5. The van der Waals surface area contributed by atoms with Crippen LogP contribution >= 0.6 is 11.3 Å². The molecule has 1 heterocycles. The van der Waals surface area contributed by atoms with E-state index in [1.54, 1.807) is 17.4 Å². The molecule has 0 aliphatic heterocycles. The van der Waals surface area contributed by atoms with E-state index in [4.69, 9.17) is 0 Å². The number of methoxy groups -OCH3 is 1. The number of halogens is 1. The molecule has 106 valence electrons. The number of aryl methyl sites for hydroxylation is 1. The number of esters is 1. The standard InChI is InChI=1S/C15H16FNO2S/c1-9-4-7-14(20-9)10(2)17-11-5-6-13(16)12(8-11)15(18)19-3/h4-8,10,17H,1-3H3. The molecule has 0 amide bonds. The molecule has 3 nitrogen and oxygen atoms in total. The van der Waals surface area contributed by atoms with E-state index < -0.39 is 11.8 Å². The second-order valence-electron chi connectivity index (χ2n) is 4.50. The van der Waals surface area contributed by atoms with Gasteiger partial charge in [0.25, 0.3) is 0 Å². The molecule has 0 radical (unpaired) electrons. The maximum Gasteiger partial charge on any atom is 0.340 e. The Morgan fingerprint density at radius 3 is 2.70 bits per heavy atom. The number of carbonyl (C=O) groups excluding carboxylic acids is 1. The summed E-state index contributed by atoms with van der Waals surface area (Å²) in [5, 5.41) is 3.25. The van der Waals surface area contributed by atoms with Gasteiger partial charge in [-0.1, -0.05) is 0 Å².